The van der Waals surface area contributed by atoms with Crippen molar-refractivity contribution in [2.24, 2.45) is 0 Å². The van der Waals surface area contributed by atoms with Crippen LogP contribution in [0.5, 0.6) is 0 Å². The molecule has 2 heterocycles. The molecule has 0 radical (unpaired) electrons. The van der Waals surface area contributed by atoms with Gasteiger partial charge in [0.05, 0.1) is 29.7 Å². The van der Waals surface area contributed by atoms with Crippen LogP contribution in [0.3, 0.4) is 0 Å². The second kappa shape index (κ2) is 12.3. The fourth-order valence-electron chi connectivity index (χ4n) is 4.23. The predicted octanol–water partition coefficient (Wildman–Crippen LogP) is 5.84. The van der Waals surface area contributed by atoms with Crippen LogP contribution in [0.1, 0.15) is 24.0 Å². The lowest BCUT2D eigenvalue weighted by Crippen LogP contribution is -2.30. The van der Waals surface area contributed by atoms with E-state index in [0.29, 0.717) is 21.5 Å². The first kappa shape index (κ1) is 29.4. The third-order valence-electron chi connectivity index (χ3n) is 6.24. The molecule has 0 saturated heterocycles. The number of hydrogen-bond acceptors (Lipinski definition) is 6. The van der Waals surface area contributed by atoms with E-state index in [4.69, 9.17) is 32.4 Å². The van der Waals surface area contributed by atoms with Crippen molar-refractivity contribution in [1.82, 2.24) is 9.21 Å². The number of furan rings is 1. The summed E-state index contributed by atoms with van der Waals surface area (Å²) < 4.78 is 39.3. The van der Waals surface area contributed by atoms with Gasteiger partial charge in [-0.05, 0) is 67.1 Å². The zero-order valence-corrected chi connectivity index (χ0v) is 24.1. The molecule has 0 saturated carbocycles. The number of hydrogen-bond donors (Lipinski definition) is 0. The van der Waals surface area contributed by atoms with Crippen molar-refractivity contribution in [3.8, 4) is 0 Å². The summed E-state index contributed by atoms with van der Waals surface area (Å²) >= 11 is 12.0. The quantitative estimate of drug-likeness (QED) is 0.165. The van der Waals surface area contributed by atoms with Crippen LogP contribution >= 0.6 is 23.2 Å². The lowest BCUT2D eigenvalue weighted by Gasteiger charge is -2.21. The Morgan fingerprint density at radius 2 is 1.65 bits per heavy atom. The summed E-state index contributed by atoms with van der Waals surface area (Å²) in [7, 11) is -2.72. The van der Waals surface area contributed by atoms with Crippen molar-refractivity contribution in [1.29, 1.82) is 0 Å². The number of amides is 1. The molecule has 0 fully saturated rings. The van der Waals surface area contributed by atoms with Crippen LogP contribution in [0.15, 0.2) is 99.5 Å². The molecule has 8 nitrogen and oxygen atoms in total. The number of benzene rings is 2. The third kappa shape index (κ3) is 6.23. The van der Waals surface area contributed by atoms with Gasteiger partial charge in [-0.2, -0.15) is 4.31 Å². The van der Waals surface area contributed by atoms with Gasteiger partial charge in [0.15, 0.2) is 0 Å². The van der Waals surface area contributed by atoms with E-state index < -0.39 is 21.9 Å². The molecule has 1 aliphatic rings. The molecule has 2 aromatic carbocycles. The van der Waals surface area contributed by atoms with Gasteiger partial charge < -0.3 is 14.1 Å². The van der Waals surface area contributed by atoms with Gasteiger partial charge in [0.25, 0.3) is 5.91 Å². The molecular formula is C29H26Cl2N2O6S. The standard InChI is InChI=1S/C29H26Cl2N2O6S/c1-4-15-33-19(2)27(29(35)38-3)26(28(33)34)16-23-11-12-24(39-23)18-32(17-20-5-7-21(30)8-6-20)40(36,37)25-13-9-22(31)10-14-25/h4-14,16H,1,15,17-18H2,2-3H3/b26-16+. The van der Waals surface area contributed by atoms with Gasteiger partial charge >= 0.3 is 5.97 Å². The maximum absolute atomic E-state index is 13.6. The van der Waals surface area contributed by atoms with Crippen molar-refractivity contribution < 1.29 is 27.2 Å². The topological polar surface area (TPSA) is 97.1 Å². The van der Waals surface area contributed by atoms with Crippen molar-refractivity contribution >= 4 is 51.2 Å². The molecule has 0 bridgehead atoms. The molecule has 0 atom stereocenters. The zero-order chi connectivity index (χ0) is 29.0. The minimum absolute atomic E-state index is 0.0443. The van der Waals surface area contributed by atoms with Gasteiger partial charge in [0.2, 0.25) is 10.0 Å². The van der Waals surface area contributed by atoms with E-state index in [-0.39, 0.29) is 41.4 Å². The average Bonchev–Trinajstić information content (AvgIpc) is 3.47. The number of sulfonamides is 1. The molecule has 3 aromatic rings. The lowest BCUT2D eigenvalue weighted by atomic mass is 10.1. The number of rotatable bonds is 10. The number of allylic oxidation sites excluding steroid dienone is 1. The van der Waals surface area contributed by atoms with E-state index in [1.54, 1.807) is 49.4 Å². The number of ether oxygens (including phenoxy) is 1. The molecule has 1 aliphatic heterocycles. The molecule has 0 spiro atoms. The number of halogens is 2. The second-order valence-corrected chi connectivity index (χ2v) is 11.7. The van der Waals surface area contributed by atoms with Crippen molar-refractivity contribution in [2.75, 3.05) is 13.7 Å². The molecular weight excluding hydrogens is 575 g/mol. The smallest absolute Gasteiger partial charge is 0.340 e. The number of esters is 1. The third-order valence-corrected chi connectivity index (χ3v) is 8.55. The normalized spacial score (nSPS) is 14.9. The zero-order valence-electron chi connectivity index (χ0n) is 21.8. The van der Waals surface area contributed by atoms with Gasteiger partial charge in [0.1, 0.15) is 11.5 Å². The number of nitrogens with zero attached hydrogens (tertiary/aromatic N) is 2. The van der Waals surface area contributed by atoms with Crippen molar-refractivity contribution in [3.05, 3.63) is 117 Å². The van der Waals surface area contributed by atoms with Crippen LogP contribution in [0.25, 0.3) is 6.08 Å². The highest BCUT2D eigenvalue weighted by atomic mass is 35.5. The Bertz CT molecular complexity index is 1610. The SMILES string of the molecule is C=CCN1C(=O)/C(=C/c2ccc(CN(Cc3ccc(Cl)cc3)S(=O)(=O)c3ccc(Cl)cc3)o2)C(C(=O)OC)=C1C. The van der Waals surface area contributed by atoms with Gasteiger partial charge in [-0.15, -0.1) is 6.58 Å². The van der Waals surface area contributed by atoms with E-state index in [1.807, 2.05) is 0 Å². The minimum atomic E-state index is -3.96. The van der Waals surface area contributed by atoms with Crippen LogP contribution in [-0.4, -0.2) is 43.2 Å². The summed E-state index contributed by atoms with van der Waals surface area (Å²) in [4.78, 5) is 27.1. The fraction of sp³-hybridized carbons (Fsp3) is 0.172. The van der Waals surface area contributed by atoms with E-state index in [9.17, 15) is 18.0 Å². The molecule has 208 valence electrons. The van der Waals surface area contributed by atoms with E-state index in [2.05, 4.69) is 6.58 Å². The summed E-state index contributed by atoms with van der Waals surface area (Å²) in [5.74, 6) is -0.459. The number of carbonyl (C=O) groups is 2. The van der Waals surface area contributed by atoms with Crippen LogP contribution in [-0.2, 0) is 37.4 Å². The first-order chi connectivity index (χ1) is 19.0. The van der Waals surface area contributed by atoms with Gasteiger partial charge in [-0.1, -0.05) is 41.4 Å². The second-order valence-electron chi connectivity index (χ2n) is 8.87. The molecule has 0 unspecified atom stereocenters. The Labute approximate surface area is 242 Å². The van der Waals surface area contributed by atoms with Crippen LogP contribution in [0.2, 0.25) is 10.0 Å². The first-order valence-electron chi connectivity index (χ1n) is 12.1. The Hall–Kier alpha value is -3.63. The van der Waals surface area contributed by atoms with Crippen molar-refractivity contribution in [3.63, 3.8) is 0 Å². The highest BCUT2D eigenvalue weighted by Crippen LogP contribution is 2.32. The predicted molar refractivity (Wildman–Crippen MR) is 153 cm³/mol. The van der Waals surface area contributed by atoms with E-state index in [0.717, 1.165) is 5.56 Å². The molecule has 1 aromatic heterocycles. The summed E-state index contributed by atoms with van der Waals surface area (Å²) in [6.45, 7) is 5.47. The molecule has 0 N–H and O–H groups in total. The summed E-state index contributed by atoms with van der Waals surface area (Å²) in [6, 6.07) is 16.0. The minimum Gasteiger partial charge on any atom is -0.465 e. The van der Waals surface area contributed by atoms with Gasteiger partial charge in [-0.3, -0.25) is 4.79 Å². The summed E-state index contributed by atoms with van der Waals surface area (Å²) in [5, 5.41) is 0.943. The Morgan fingerprint density at radius 1 is 1.02 bits per heavy atom. The Morgan fingerprint density at radius 3 is 2.25 bits per heavy atom. The summed E-state index contributed by atoms with van der Waals surface area (Å²) in [5.41, 5.74) is 1.40. The molecule has 4 rings (SSSR count). The highest BCUT2D eigenvalue weighted by molar-refractivity contribution is 7.89. The van der Waals surface area contributed by atoms with Gasteiger partial charge in [-0.25, -0.2) is 13.2 Å². The van der Waals surface area contributed by atoms with Gasteiger partial charge in [0, 0.05) is 28.8 Å². The molecule has 1 amide bonds. The largest absolute Gasteiger partial charge is 0.465 e. The highest BCUT2D eigenvalue weighted by Gasteiger charge is 2.36. The first-order valence-corrected chi connectivity index (χ1v) is 14.3. The Balaban J connectivity index is 1.67. The van der Waals surface area contributed by atoms with Crippen LogP contribution in [0.4, 0.5) is 0 Å². The molecule has 11 heteroatoms. The van der Waals surface area contributed by atoms with Crippen LogP contribution < -0.4 is 0 Å². The number of methoxy groups -OCH3 is 1. The fourth-order valence-corrected chi connectivity index (χ4v) is 5.87. The number of carbonyl (C=O) groups excluding carboxylic acids is 2. The average molecular weight is 602 g/mol. The Kier molecular flexibility index (Phi) is 9.00. The van der Waals surface area contributed by atoms with Crippen LogP contribution in [0, 0.1) is 0 Å². The van der Waals surface area contributed by atoms with E-state index in [1.165, 1.54) is 46.7 Å². The maximum Gasteiger partial charge on any atom is 0.340 e. The van der Waals surface area contributed by atoms with E-state index >= 15 is 0 Å². The molecule has 0 aliphatic carbocycles. The lowest BCUT2D eigenvalue weighted by molar-refractivity contribution is -0.136. The summed E-state index contributed by atoms with van der Waals surface area (Å²) in [6.07, 6.45) is 3.00. The molecule has 40 heavy (non-hydrogen) atoms. The monoisotopic (exact) mass is 600 g/mol. The van der Waals surface area contributed by atoms with Crippen molar-refractivity contribution in [2.45, 2.75) is 24.9 Å². The maximum atomic E-state index is 13.6.